The quantitative estimate of drug-likeness (QED) is 0.909. The van der Waals surface area contributed by atoms with Crippen LogP contribution in [-0.4, -0.2) is 34.3 Å². The lowest BCUT2D eigenvalue weighted by molar-refractivity contribution is -0.140. The lowest BCUT2D eigenvalue weighted by Gasteiger charge is -2.35. The van der Waals surface area contributed by atoms with Crippen LogP contribution in [0.1, 0.15) is 46.0 Å². The molecule has 1 heterocycles. The number of hydrogen-bond donors (Lipinski definition) is 1. The van der Waals surface area contributed by atoms with Crippen LogP contribution >= 0.6 is 11.3 Å². The van der Waals surface area contributed by atoms with Gasteiger partial charge in [-0.3, -0.25) is 9.59 Å². The maximum atomic E-state index is 12.4. The first-order chi connectivity index (χ1) is 10.1. The summed E-state index contributed by atoms with van der Waals surface area (Å²) in [5.74, 6) is -0.180. The molecule has 0 unspecified atom stereocenters. The van der Waals surface area contributed by atoms with Crippen molar-refractivity contribution in [2.45, 2.75) is 52.0 Å². The molecule has 1 N–H and O–H groups in total. The molecule has 1 saturated carbocycles. The largest absolute Gasteiger partial charge is 0.330 e. The van der Waals surface area contributed by atoms with E-state index in [1.54, 1.807) is 11.1 Å². The van der Waals surface area contributed by atoms with Crippen molar-refractivity contribution in [3.63, 3.8) is 0 Å². The molecule has 1 aliphatic rings. The summed E-state index contributed by atoms with van der Waals surface area (Å²) in [6, 6.07) is 0.204. The molecule has 0 aliphatic heterocycles. The third kappa shape index (κ3) is 4.52. The van der Waals surface area contributed by atoms with E-state index in [9.17, 15) is 9.59 Å². The number of hydrogen-bond acceptors (Lipinski definition) is 4. The van der Waals surface area contributed by atoms with Gasteiger partial charge in [0.2, 0.25) is 11.8 Å². The van der Waals surface area contributed by atoms with Crippen LogP contribution in [0.25, 0.3) is 0 Å². The number of thiazole rings is 1. The van der Waals surface area contributed by atoms with Crippen molar-refractivity contribution < 1.29 is 9.59 Å². The van der Waals surface area contributed by atoms with E-state index in [1.807, 2.05) is 19.2 Å². The molecule has 0 aromatic carbocycles. The van der Waals surface area contributed by atoms with Gasteiger partial charge in [0, 0.05) is 23.5 Å². The summed E-state index contributed by atoms with van der Waals surface area (Å²) >= 11 is 1.38. The van der Waals surface area contributed by atoms with Gasteiger partial charge >= 0.3 is 0 Å². The van der Waals surface area contributed by atoms with E-state index in [0.29, 0.717) is 5.13 Å². The summed E-state index contributed by atoms with van der Waals surface area (Å²) in [4.78, 5) is 30.4. The molecule has 116 valence electrons. The second kappa shape index (κ2) is 7.54. The smallest absolute Gasteiger partial charge is 0.245 e. The van der Waals surface area contributed by atoms with Gasteiger partial charge in [0.25, 0.3) is 0 Å². The fraction of sp³-hybridized carbons (Fsp3) is 0.667. The molecular formula is C15H23N3O2S. The fourth-order valence-corrected chi connectivity index (χ4v) is 3.26. The molecule has 1 fully saturated rings. The Hall–Kier alpha value is -1.43. The number of nitrogens with one attached hydrogen (secondary N) is 1. The molecule has 0 atom stereocenters. The zero-order valence-corrected chi connectivity index (χ0v) is 13.5. The van der Waals surface area contributed by atoms with Crippen LogP contribution in [0.2, 0.25) is 0 Å². The third-order valence-corrected chi connectivity index (χ3v) is 4.47. The minimum absolute atomic E-state index is 0.0659. The first-order valence-electron chi connectivity index (χ1n) is 7.57. The van der Waals surface area contributed by atoms with E-state index in [0.717, 1.165) is 25.7 Å². The van der Waals surface area contributed by atoms with Crippen molar-refractivity contribution in [1.29, 1.82) is 0 Å². The van der Waals surface area contributed by atoms with Gasteiger partial charge in [0.05, 0.1) is 0 Å². The van der Waals surface area contributed by atoms with Crippen LogP contribution in [0.4, 0.5) is 5.13 Å². The molecule has 1 aromatic heterocycles. The second-order valence-corrected chi connectivity index (χ2v) is 6.69. The van der Waals surface area contributed by atoms with Crippen LogP contribution in [0.3, 0.4) is 0 Å². The molecule has 0 spiro atoms. The van der Waals surface area contributed by atoms with Gasteiger partial charge in [-0.1, -0.05) is 33.1 Å². The van der Waals surface area contributed by atoms with Gasteiger partial charge in [-0.05, 0) is 12.8 Å². The van der Waals surface area contributed by atoms with Gasteiger partial charge in [-0.25, -0.2) is 4.98 Å². The molecule has 1 aliphatic carbocycles. The summed E-state index contributed by atoms with van der Waals surface area (Å²) in [6.45, 7) is 3.90. The lowest BCUT2D eigenvalue weighted by Crippen LogP contribution is -2.47. The zero-order valence-electron chi connectivity index (χ0n) is 12.7. The molecule has 2 amide bonds. The van der Waals surface area contributed by atoms with E-state index in [-0.39, 0.29) is 30.3 Å². The van der Waals surface area contributed by atoms with Crippen LogP contribution < -0.4 is 5.32 Å². The monoisotopic (exact) mass is 309 g/mol. The average molecular weight is 309 g/mol. The zero-order chi connectivity index (χ0) is 15.2. The fourth-order valence-electron chi connectivity index (χ4n) is 2.71. The molecule has 6 heteroatoms. The average Bonchev–Trinajstić information content (AvgIpc) is 2.97. The Bertz CT molecular complexity index is 467. The van der Waals surface area contributed by atoms with Crippen LogP contribution in [0, 0.1) is 5.92 Å². The topological polar surface area (TPSA) is 62.3 Å². The Morgan fingerprint density at radius 1 is 1.38 bits per heavy atom. The van der Waals surface area contributed by atoms with Gasteiger partial charge in [-0.15, -0.1) is 11.3 Å². The summed E-state index contributed by atoms with van der Waals surface area (Å²) in [5, 5.41) is 5.16. The molecule has 1 aromatic rings. The normalized spacial score (nSPS) is 16.0. The van der Waals surface area contributed by atoms with E-state index in [2.05, 4.69) is 10.3 Å². The van der Waals surface area contributed by atoms with Crippen molar-refractivity contribution in [2.75, 3.05) is 11.9 Å². The van der Waals surface area contributed by atoms with Crippen molar-refractivity contribution in [3.8, 4) is 0 Å². The molecule has 0 saturated heterocycles. The van der Waals surface area contributed by atoms with E-state index >= 15 is 0 Å². The number of nitrogens with zero attached hydrogens (tertiary/aromatic N) is 2. The number of rotatable bonds is 5. The predicted octanol–water partition coefficient (Wildman–Crippen LogP) is 2.90. The van der Waals surface area contributed by atoms with Gasteiger partial charge in [0.15, 0.2) is 5.13 Å². The number of carbonyl (C=O) groups is 2. The number of anilines is 1. The van der Waals surface area contributed by atoms with Crippen molar-refractivity contribution in [2.24, 2.45) is 5.92 Å². The van der Waals surface area contributed by atoms with Crippen molar-refractivity contribution in [1.82, 2.24) is 9.88 Å². The van der Waals surface area contributed by atoms with E-state index < -0.39 is 0 Å². The highest BCUT2D eigenvalue weighted by Gasteiger charge is 2.28. The maximum Gasteiger partial charge on any atom is 0.245 e. The minimum atomic E-state index is -0.162. The highest BCUT2D eigenvalue weighted by Crippen LogP contribution is 2.24. The second-order valence-electron chi connectivity index (χ2n) is 5.80. The SMILES string of the molecule is CC(C)C(=O)N(CC(=O)Nc1nccs1)C1CCCCC1. The summed E-state index contributed by atoms with van der Waals surface area (Å²) in [5.41, 5.74) is 0. The Morgan fingerprint density at radius 3 is 2.67 bits per heavy atom. The summed E-state index contributed by atoms with van der Waals surface area (Å²) in [6.07, 6.45) is 7.16. The Kier molecular flexibility index (Phi) is 5.73. The Labute approximate surface area is 129 Å². The van der Waals surface area contributed by atoms with Crippen molar-refractivity contribution in [3.05, 3.63) is 11.6 Å². The molecule has 0 bridgehead atoms. The predicted molar refractivity (Wildman–Crippen MR) is 84.2 cm³/mol. The highest BCUT2D eigenvalue weighted by molar-refractivity contribution is 7.13. The molecule has 0 radical (unpaired) electrons. The maximum absolute atomic E-state index is 12.4. The minimum Gasteiger partial charge on any atom is -0.330 e. The Balaban J connectivity index is 2.00. The standard InChI is InChI=1S/C15H23N3O2S/c1-11(2)14(20)18(12-6-4-3-5-7-12)10-13(19)17-15-16-8-9-21-15/h8-9,11-12H,3-7,10H2,1-2H3,(H,16,17,19). The van der Waals surface area contributed by atoms with Gasteiger partial charge < -0.3 is 10.2 Å². The number of amides is 2. The molecule has 5 nitrogen and oxygen atoms in total. The lowest BCUT2D eigenvalue weighted by atomic mass is 9.93. The van der Waals surface area contributed by atoms with Crippen LogP contribution in [0.15, 0.2) is 11.6 Å². The van der Waals surface area contributed by atoms with Crippen LogP contribution in [0.5, 0.6) is 0 Å². The molecule has 2 rings (SSSR count). The molecule has 21 heavy (non-hydrogen) atoms. The number of carbonyl (C=O) groups excluding carboxylic acids is 2. The first-order valence-corrected chi connectivity index (χ1v) is 8.45. The van der Waals surface area contributed by atoms with Crippen LogP contribution in [-0.2, 0) is 9.59 Å². The Morgan fingerprint density at radius 2 is 2.10 bits per heavy atom. The van der Waals surface area contributed by atoms with E-state index in [1.165, 1.54) is 17.8 Å². The van der Waals surface area contributed by atoms with Gasteiger partial charge in [0.1, 0.15) is 6.54 Å². The highest BCUT2D eigenvalue weighted by atomic mass is 32.1. The summed E-state index contributed by atoms with van der Waals surface area (Å²) < 4.78 is 0. The first kappa shape index (κ1) is 15.9. The van der Waals surface area contributed by atoms with Gasteiger partial charge in [-0.2, -0.15) is 0 Å². The van der Waals surface area contributed by atoms with Crippen molar-refractivity contribution >= 4 is 28.3 Å². The number of aromatic nitrogens is 1. The van der Waals surface area contributed by atoms with E-state index in [4.69, 9.17) is 0 Å². The third-order valence-electron chi connectivity index (χ3n) is 3.79. The molecular weight excluding hydrogens is 286 g/mol. The summed E-state index contributed by atoms with van der Waals surface area (Å²) in [7, 11) is 0.